The van der Waals surface area contributed by atoms with Crippen molar-refractivity contribution in [3.05, 3.63) is 78.6 Å². The van der Waals surface area contributed by atoms with Crippen LogP contribution in [0.15, 0.2) is 51.4 Å². The first-order valence-electron chi connectivity index (χ1n) is 11.2. The van der Waals surface area contributed by atoms with Gasteiger partial charge in [0, 0.05) is 31.1 Å². The van der Waals surface area contributed by atoms with E-state index in [1.807, 2.05) is 48.7 Å². The Kier molecular flexibility index (Phi) is 6.68. The first-order valence-corrected chi connectivity index (χ1v) is 12.1. The van der Waals surface area contributed by atoms with Crippen LogP contribution >= 0.6 is 11.3 Å². The van der Waals surface area contributed by atoms with E-state index in [1.54, 1.807) is 4.90 Å². The molecule has 0 unspecified atom stereocenters. The zero-order valence-electron chi connectivity index (χ0n) is 20.3. The molecule has 1 aliphatic heterocycles. The number of hydrogen-bond acceptors (Lipinski definition) is 8. The number of rotatable bonds is 6. The maximum atomic E-state index is 13.3. The smallest absolute Gasteiger partial charge is 0.332 e. The fourth-order valence-corrected chi connectivity index (χ4v) is 5.23. The maximum absolute atomic E-state index is 13.3. The van der Waals surface area contributed by atoms with Crippen molar-refractivity contribution < 1.29 is 19.1 Å². The van der Waals surface area contributed by atoms with E-state index in [-0.39, 0.29) is 18.1 Å². The second-order valence-electron chi connectivity index (χ2n) is 8.78. The molecule has 0 saturated carbocycles. The molecular formula is C25H26N4O6S. The van der Waals surface area contributed by atoms with E-state index in [9.17, 15) is 24.0 Å². The molecular weight excluding hydrogens is 484 g/mol. The molecule has 2 N–H and O–H groups in total. The Balaban J connectivity index is 1.64. The van der Waals surface area contributed by atoms with Crippen LogP contribution in [0.5, 0.6) is 0 Å². The SMILES string of the molecule is Cc1ccc(N2C(=O)C[C@H](C(=O)O[C@@H](C)C(=O)c3c(N)n(C)c(=O)n(C)c3=O)[C@H]2c2cccs2)cc1. The number of aromatic nitrogens is 2. The second kappa shape index (κ2) is 9.57. The number of carbonyl (C=O) groups is 3. The van der Waals surface area contributed by atoms with Gasteiger partial charge in [0.25, 0.3) is 5.56 Å². The Morgan fingerprint density at radius 1 is 1.08 bits per heavy atom. The van der Waals surface area contributed by atoms with Gasteiger partial charge in [-0.15, -0.1) is 11.3 Å². The third kappa shape index (κ3) is 4.26. The topological polar surface area (TPSA) is 134 Å². The first kappa shape index (κ1) is 25.1. The molecule has 36 heavy (non-hydrogen) atoms. The molecule has 11 heteroatoms. The highest BCUT2D eigenvalue weighted by Crippen LogP contribution is 2.43. The first-order chi connectivity index (χ1) is 17.0. The minimum absolute atomic E-state index is 0.0973. The van der Waals surface area contributed by atoms with Crippen molar-refractivity contribution in [2.24, 2.45) is 20.0 Å². The van der Waals surface area contributed by atoms with Gasteiger partial charge in [0.1, 0.15) is 11.4 Å². The van der Waals surface area contributed by atoms with Crippen molar-refractivity contribution in [3.8, 4) is 0 Å². The number of amides is 1. The van der Waals surface area contributed by atoms with Crippen molar-refractivity contribution in [2.75, 3.05) is 10.6 Å². The number of hydrogen-bond donors (Lipinski definition) is 1. The molecule has 1 fully saturated rings. The third-order valence-corrected chi connectivity index (χ3v) is 7.33. The van der Waals surface area contributed by atoms with Crippen molar-refractivity contribution in [1.29, 1.82) is 0 Å². The van der Waals surface area contributed by atoms with E-state index in [1.165, 1.54) is 32.4 Å². The zero-order chi connectivity index (χ0) is 26.3. The van der Waals surface area contributed by atoms with E-state index in [2.05, 4.69) is 0 Å². The molecule has 1 aliphatic rings. The van der Waals surface area contributed by atoms with E-state index in [0.29, 0.717) is 5.69 Å². The second-order valence-corrected chi connectivity index (χ2v) is 9.76. The van der Waals surface area contributed by atoms with Gasteiger partial charge in [-0.1, -0.05) is 23.8 Å². The Morgan fingerprint density at radius 3 is 2.36 bits per heavy atom. The number of nitrogens with zero attached hydrogens (tertiary/aromatic N) is 3. The lowest BCUT2D eigenvalue weighted by molar-refractivity contribution is -0.151. The highest BCUT2D eigenvalue weighted by Gasteiger charge is 2.47. The van der Waals surface area contributed by atoms with E-state index in [0.717, 1.165) is 19.6 Å². The van der Waals surface area contributed by atoms with Crippen molar-refractivity contribution in [1.82, 2.24) is 9.13 Å². The Bertz CT molecular complexity index is 1460. The van der Waals surface area contributed by atoms with Crippen LogP contribution in [0.1, 0.15) is 40.2 Å². The highest BCUT2D eigenvalue weighted by atomic mass is 32.1. The molecule has 1 aromatic carbocycles. The van der Waals surface area contributed by atoms with Crippen LogP contribution in [-0.2, 0) is 28.4 Å². The molecule has 0 spiro atoms. The lowest BCUT2D eigenvalue weighted by Crippen LogP contribution is -2.43. The summed E-state index contributed by atoms with van der Waals surface area (Å²) in [4.78, 5) is 66.5. The summed E-state index contributed by atoms with van der Waals surface area (Å²) < 4.78 is 7.24. The third-order valence-electron chi connectivity index (χ3n) is 6.39. The molecule has 3 atom stereocenters. The van der Waals surface area contributed by atoms with Crippen LogP contribution in [-0.4, -0.2) is 32.9 Å². The van der Waals surface area contributed by atoms with Gasteiger partial charge in [-0.05, 0) is 37.4 Å². The fraction of sp³-hybridized carbons (Fsp3) is 0.320. The number of thiophene rings is 1. The lowest BCUT2D eigenvalue weighted by atomic mass is 9.98. The number of nitrogen functional groups attached to an aromatic ring is 1. The van der Waals surface area contributed by atoms with Gasteiger partial charge >= 0.3 is 11.7 Å². The van der Waals surface area contributed by atoms with E-state index in [4.69, 9.17) is 10.5 Å². The predicted octanol–water partition coefficient (Wildman–Crippen LogP) is 1.94. The molecule has 10 nitrogen and oxygen atoms in total. The van der Waals surface area contributed by atoms with Crippen LogP contribution in [0.25, 0.3) is 0 Å². The summed E-state index contributed by atoms with van der Waals surface area (Å²) in [6, 6.07) is 10.5. The van der Waals surface area contributed by atoms with E-state index < -0.39 is 46.6 Å². The number of ether oxygens (including phenoxy) is 1. The minimum Gasteiger partial charge on any atom is -0.454 e. The average Bonchev–Trinajstić information content (AvgIpc) is 3.50. The monoisotopic (exact) mass is 510 g/mol. The summed E-state index contributed by atoms with van der Waals surface area (Å²) in [5.74, 6) is -2.99. The molecule has 0 bridgehead atoms. The summed E-state index contributed by atoms with van der Waals surface area (Å²) in [5, 5.41) is 1.86. The fourth-order valence-electron chi connectivity index (χ4n) is 4.35. The molecule has 3 aromatic rings. The van der Waals surface area contributed by atoms with Gasteiger partial charge in [0.15, 0.2) is 6.10 Å². The molecule has 1 saturated heterocycles. The average molecular weight is 511 g/mol. The number of carbonyl (C=O) groups excluding carboxylic acids is 3. The predicted molar refractivity (Wildman–Crippen MR) is 135 cm³/mol. The molecule has 2 aromatic heterocycles. The van der Waals surface area contributed by atoms with Crippen LogP contribution in [0.4, 0.5) is 11.5 Å². The number of Topliss-reactive ketones (excluding diaryl/α,β-unsaturated/α-hetero) is 1. The summed E-state index contributed by atoms with van der Waals surface area (Å²) in [6.45, 7) is 3.27. The van der Waals surface area contributed by atoms with Crippen molar-refractivity contribution >= 4 is 40.5 Å². The van der Waals surface area contributed by atoms with Crippen molar-refractivity contribution in [2.45, 2.75) is 32.4 Å². The number of anilines is 2. The normalized spacial score (nSPS) is 18.3. The van der Waals surface area contributed by atoms with Crippen LogP contribution < -0.4 is 21.9 Å². The van der Waals surface area contributed by atoms with Crippen LogP contribution in [0.3, 0.4) is 0 Å². The minimum atomic E-state index is -1.36. The standard InChI is InChI=1S/C25H26N4O6S/c1-13-7-9-15(10-8-13)29-18(30)12-16(20(29)17-6-5-11-36-17)24(33)35-14(2)21(31)19-22(26)27(3)25(34)28(4)23(19)32/h5-11,14,16,20H,12,26H2,1-4H3/t14-,16-,20-/m0/s1. The van der Waals surface area contributed by atoms with Crippen LogP contribution in [0, 0.1) is 12.8 Å². The van der Waals surface area contributed by atoms with Gasteiger partial charge in [0.2, 0.25) is 11.7 Å². The molecule has 1 amide bonds. The molecule has 3 heterocycles. The molecule has 4 rings (SSSR count). The summed E-state index contributed by atoms with van der Waals surface area (Å²) in [6.07, 6.45) is -1.46. The maximum Gasteiger partial charge on any atom is 0.332 e. The highest BCUT2D eigenvalue weighted by molar-refractivity contribution is 7.10. The van der Waals surface area contributed by atoms with Gasteiger partial charge in [-0.2, -0.15) is 0 Å². The number of benzene rings is 1. The number of nitrogens with two attached hydrogens (primary N) is 1. The van der Waals surface area contributed by atoms with Crippen molar-refractivity contribution in [3.63, 3.8) is 0 Å². The zero-order valence-corrected chi connectivity index (χ0v) is 21.1. The van der Waals surface area contributed by atoms with Gasteiger partial charge in [0.05, 0.1) is 12.0 Å². The molecule has 188 valence electrons. The summed E-state index contributed by atoms with van der Waals surface area (Å²) in [5.41, 5.74) is 5.58. The lowest BCUT2D eigenvalue weighted by Gasteiger charge is -2.27. The van der Waals surface area contributed by atoms with Crippen LogP contribution in [0.2, 0.25) is 0 Å². The molecule has 0 radical (unpaired) electrons. The van der Waals surface area contributed by atoms with Gasteiger partial charge in [-0.3, -0.25) is 28.3 Å². The van der Waals surface area contributed by atoms with Gasteiger partial charge < -0.3 is 15.4 Å². The number of aryl methyl sites for hydroxylation is 1. The summed E-state index contributed by atoms with van der Waals surface area (Å²) in [7, 11) is 2.56. The largest absolute Gasteiger partial charge is 0.454 e. The Morgan fingerprint density at radius 2 is 1.75 bits per heavy atom. The quantitative estimate of drug-likeness (QED) is 0.396. The van der Waals surface area contributed by atoms with Gasteiger partial charge in [-0.25, -0.2) is 4.79 Å². The Hall–Kier alpha value is -3.99. The number of esters is 1. The number of ketones is 1. The summed E-state index contributed by atoms with van der Waals surface area (Å²) >= 11 is 1.41. The Labute approximate surface area is 210 Å². The van der Waals surface area contributed by atoms with E-state index >= 15 is 0 Å². The molecule has 0 aliphatic carbocycles.